The summed E-state index contributed by atoms with van der Waals surface area (Å²) in [5.74, 6) is -0.896. The van der Waals surface area contributed by atoms with Crippen molar-refractivity contribution in [3.05, 3.63) is 36.5 Å². The number of methoxy groups -OCH3 is 1. The minimum absolute atomic E-state index is 0.0273. The largest absolute Gasteiger partial charge is 0.497 e. The maximum absolute atomic E-state index is 13.2. The van der Waals surface area contributed by atoms with E-state index in [0.29, 0.717) is 11.4 Å². The lowest BCUT2D eigenvalue weighted by Crippen LogP contribution is -2.52. The Bertz CT molecular complexity index is 945. The molecule has 1 atom stereocenters. The van der Waals surface area contributed by atoms with E-state index in [1.165, 1.54) is 13.3 Å². The second-order valence-electron chi connectivity index (χ2n) is 6.20. The first-order valence-corrected chi connectivity index (χ1v) is 9.52. The molecule has 1 aliphatic heterocycles. The van der Waals surface area contributed by atoms with E-state index in [2.05, 4.69) is 15.1 Å². The number of aliphatic hydroxyl groups is 1. The van der Waals surface area contributed by atoms with Gasteiger partial charge in [-0.3, -0.25) is 4.79 Å². The number of halogens is 4. The zero-order chi connectivity index (χ0) is 21.9. The highest BCUT2D eigenvalue weighted by atomic mass is 32.2. The molecule has 1 unspecified atom stereocenters. The number of amides is 1. The van der Waals surface area contributed by atoms with Crippen molar-refractivity contribution in [2.24, 2.45) is 5.10 Å². The van der Waals surface area contributed by atoms with Crippen molar-refractivity contribution < 1.29 is 32.2 Å². The number of hydrogen-bond acceptors (Lipinski definition) is 7. The molecule has 1 amide bonds. The summed E-state index contributed by atoms with van der Waals surface area (Å²) in [4.78, 5) is 20.6. The van der Waals surface area contributed by atoms with E-state index in [1.807, 2.05) is 0 Å². The molecule has 7 nitrogen and oxygen atoms in total. The molecule has 0 saturated carbocycles. The number of alkyl halides is 4. The van der Waals surface area contributed by atoms with Crippen LogP contribution in [0.5, 0.6) is 5.75 Å². The summed E-state index contributed by atoms with van der Waals surface area (Å²) in [6.45, 7) is 0. The third-order valence-corrected chi connectivity index (χ3v) is 5.06. The van der Waals surface area contributed by atoms with Crippen LogP contribution in [-0.2, 0) is 4.79 Å². The first kappa shape index (κ1) is 22.0. The minimum atomic E-state index is -3.47. The average Bonchev–Trinajstić information content (AvgIpc) is 3.12. The SMILES string of the molecule is COc1ccc(-c2ccnc(SCC(=O)N3N=C(C(F)F)CC3(O)C(F)F)n2)cc1. The van der Waals surface area contributed by atoms with Crippen molar-refractivity contribution in [3.8, 4) is 17.0 Å². The van der Waals surface area contributed by atoms with Gasteiger partial charge in [0.15, 0.2) is 5.16 Å². The highest BCUT2D eigenvalue weighted by Crippen LogP contribution is 2.34. The van der Waals surface area contributed by atoms with E-state index in [9.17, 15) is 27.5 Å². The van der Waals surface area contributed by atoms with Crippen LogP contribution < -0.4 is 4.74 Å². The number of hydrogen-bond donors (Lipinski definition) is 1. The van der Waals surface area contributed by atoms with Crippen LogP contribution in [0.3, 0.4) is 0 Å². The first-order chi connectivity index (χ1) is 14.2. The Morgan fingerprint density at radius 3 is 2.57 bits per heavy atom. The van der Waals surface area contributed by atoms with Gasteiger partial charge >= 0.3 is 0 Å². The highest BCUT2D eigenvalue weighted by molar-refractivity contribution is 7.99. The minimum Gasteiger partial charge on any atom is -0.497 e. The van der Waals surface area contributed by atoms with Gasteiger partial charge in [-0.05, 0) is 30.3 Å². The fourth-order valence-corrected chi connectivity index (χ4v) is 3.35. The van der Waals surface area contributed by atoms with Gasteiger partial charge in [-0.15, -0.1) is 0 Å². The van der Waals surface area contributed by atoms with Crippen LogP contribution in [0.15, 0.2) is 46.8 Å². The summed E-state index contributed by atoms with van der Waals surface area (Å²) < 4.78 is 57.2. The smallest absolute Gasteiger partial charge is 0.287 e. The summed E-state index contributed by atoms with van der Waals surface area (Å²) in [6.07, 6.45) is -6.30. The third kappa shape index (κ3) is 4.54. The predicted octanol–water partition coefficient (Wildman–Crippen LogP) is 3.05. The lowest BCUT2D eigenvalue weighted by molar-refractivity contribution is -0.190. The summed E-state index contributed by atoms with van der Waals surface area (Å²) >= 11 is 0.803. The van der Waals surface area contributed by atoms with E-state index in [0.717, 1.165) is 17.3 Å². The molecule has 0 fully saturated rings. The van der Waals surface area contributed by atoms with Gasteiger partial charge in [0.05, 0.1) is 18.6 Å². The predicted molar refractivity (Wildman–Crippen MR) is 101 cm³/mol. The van der Waals surface area contributed by atoms with Crippen LogP contribution >= 0.6 is 11.8 Å². The number of carbonyl (C=O) groups excluding carboxylic acids is 1. The number of ether oxygens (including phenoxy) is 1. The van der Waals surface area contributed by atoms with E-state index < -0.39 is 42.4 Å². The molecule has 160 valence electrons. The number of rotatable bonds is 7. The molecule has 12 heteroatoms. The van der Waals surface area contributed by atoms with Crippen LogP contribution in [0.1, 0.15) is 6.42 Å². The Morgan fingerprint density at radius 2 is 1.97 bits per heavy atom. The molecular weight excluding hydrogens is 428 g/mol. The molecule has 30 heavy (non-hydrogen) atoms. The number of nitrogens with zero attached hydrogens (tertiary/aromatic N) is 4. The number of carbonyl (C=O) groups is 1. The molecule has 0 bridgehead atoms. The molecule has 0 aliphatic carbocycles. The zero-order valence-electron chi connectivity index (χ0n) is 15.5. The molecular formula is C18H16F4N4O3S. The molecule has 1 aromatic carbocycles. The standard InChI is InChI=1S/C18H16F4N4O3S/c1-29-11-4-2-10(3-5-11)12-6-7-23-17(24-12)30-9-14(27)26-18(28,16(21)22)8-13(25-26)15(19)20/h2-7,15-16,28H,8-9H2,1H3. The number of benzene rings is 1. The quantitative estimate of drug-likeness (QED) is 0.401. The van der Waals surface area contributed by atoms with Crippen LogP contribution in [0, 0.1) is 0 Å². The zero-order valence-corrected chi connectivity index (χ0v) is 16.3. The van der Waals surface area contributed by atoms with E-state index in [1.54, 1.807) is 30.3 Å². The second kappa shape index (κ2) is 8.96. The summed E-state index contributed by atoms with van der Waals surface area (Å²) in [6, 6.07) is 8.67. The topological polar surface area (TPSA) is 87.9 Å². The average molecular weight is 444 g/mol. The van der Waals surface area contributed by atoms with Gasteiger partial charge in [-0.1, -0.05) is 11.8 Å². The Balaban J connectivity index is 1.72. The molecule has 1 aliphatic rings. The maximum atomic E-state index is 13.2. The monoisotopic (exact) mass is 444 g/mol. The van der Waals surface area contributed by atoms with Gasteiger partial charge in [0.25, 0.3) is 18.8 Å². The summed E-state index contributed by atoms with van der Waals surface area (Å²) in [7, 11) is 1.54. The van der Waals surface area contributed by atoms with Gasteiger partial charge in [-0.2, -0.15) is 10.1 Å². The van der Waals surface area contributed by atoms with Crippen molar-refractivity contribution in [3.63, 3.8) is 0 Å². The molecule has 0 radical (unpaired) electrons. The molecule has 1 aromatic heterocycles. The van der Waals surface area contributed by atoms with E-state index in [4.69, 9.17) is 4.74 Å². The lowest BCUT2D eigenvalue weighted by Gasteiger charge is -2.29. The van der Waals surface area contributed by atoms with Crippen LogP contribution in [-0.4, -0.2) is 63.1 Å². The molecule has 0 spiro atoms. The van der Waals surface area contributed by atoms with Gasteiger partial charge in [0, 0.05) is 18.2 Å². The second-order valence-corrected chi connectivity index (χ2v) is 7.14. The van der Waals surface area contributed by atoms with Crippen LogP contribution in [0.2, 0.25) is 0 Å². The number of hydrazone groups is 1. The first-order valence-electron chi connectivity index (χ1n) is 8.54. The number of thioether (sulfide) groups is 1. The van der Waals surface area contributed by atoms with Crippen molar-refractivity contribution in [2.45, 2.75) is 30.2 Å². The molecule has 2 aromatic rings. The molecule has 2 heterocycles. The Kier molecular flexibility index (Phi) is 6.56. The maximum Gasteiger partial charge on any atom is 0.287 e. The molecule has 3 rings (SSSR count). The van der Waals surface area contributed by atoms with Crippen molar-refractivity contribution >= 4 is 23.4 Å². The van der Waals surface area contributed by atoms with Crippen molar-refractivity contribution in [2.75, 3.05) is 12.9 Å². The van der Waals surface area contributed by atoms with Gasteiger partial charge in [-0.25, -0.2) is 27.5 Å². The fraction of sp³-hybridized carbons (Fsp3) is 0.333. The van der Waals surface area contributed by atoms with E-state index >= 15 is 0 Å². The molecule has 1 N–H and O–H groups in total. The van der Waals surface area contributed by atoms with Crippen molar-refractivity contribution in [1.82, 2.24) is 15.0 Å². The summed E-state index contributed by atoms with van der Waals surface area (Å²) in [5, 5.41) is 13.4. The van der Waals surface area contributed by atoms with Crippen molar-refractivity contribution in [1.29, 1.82) is 0 Å². The van der Waals surface area contributed by atoms with Crippen LogP contribution in [0.25, 0.3) is 11.3 Å². The lowest BCUT2D eigenvalue weighted by atomic mass is 10.1. The highest BCUT2D eigenvalue weighted by Gasteiger charge is 2.53. The normalized spacial score (nSPS) is 18.8. The van der Waals surface area contributed by atoms with Gasteiger partial charge in [0.2, 0.25) is 5.72 Å². The Labute approximate surface area is 172 Å². The Hall–Kier alpha value is -2.73. The van der Waals surface area contributed by atoms with Gasteiger partial charge in [0.1, 0.15) is 11.5 Å². The summed E-state index contributed by atoms with van der Waals surface area (Å²) in [5.41, 5.74) is -2.78. The molecule has 0 saturated heterocycles. The van der Waals surface area contributed by atoms with Gasteiger partial charge < -0.3 is 9.84 Å². The fourth-order valence-electron chi connectivity index (χ4n) is 2.67. The Morgan fingerprint density at radius 1 is 1.27 bits per heavy atom. The van der Waals surface area contributed by atoms with Crippen LogP contribution in [0.4, 0.5) is 17.6 Å². The number of aromatic nitrogens is 2. The third-order valence-electron chi connectivity index (χ3n) is 4.22. The van der Waals surface area contributed by atoms with E-state index in [-0.39, 0.29) is 10.2 Å².